The van der Waals surface area contributed by atoms with E-state index in [1.165, 1.54) is 12.1 Å². The summed E-state index contributed by atoms with van der Waals surface area (Å²) in [7, 11) is 0. The fourth-order valence-electron chi connectivity index (χ4n) is 2.06. The molecule has 0 N–H and O–H groups in total. The van der Waals surface area contributed by atoms with Crippen molar-refractivity contribution in [2.24, 2.45) is 0 Å². The molecule has 0 amide bonds. The van der Waals surface area contributed by atoms with E-state index in [4.69, 9.17) is 0 Å². The van der Waals surface area contributed by atoms with E-state index < -0.39 is 17.5 Å². The zero-order valence-electron chi connectivity index (χ0n) is 10.6. The van der Waals surface area contributed by atoms with Crippen molar-refractivity contribution in [1.29, 1.82) is 0 Å². The van der Waals surface area contributed by atoms with Crippen LogP contribution >= 0.6 is 15.9 Å². The Morgan fingerprint density at radius 2 is 1.67 bits per heavy atom. The van der Waals surface area contributed by atoms with Gasteiger partial charge in [-0.1, -0.05) is 28.1 Å². The maximum atomic E-state index is 13.9. The first kappa shape index (κ1) is 14.0. The van der Waals surface area contributed by atoms with Crippen molar-refractivity contribution in [1.82, 2.24) is 9.97 Å². The minimum absolute atomic E-state index is 0.162. The van der Waals surface area contributed by atoms with Gasteiger partial charge in [-0.15, -0.1) is 0 Å². The summed E-state index contributed by atoms with van der Waals surface area (Å²) in [6.45, 7) is 0. The van der Waals surface area contributed by atoms with Gasteiger partial charge in [-0.3, -0.25) is 0 Å². The smallest absolute Gasteiger partial charge is 0.186 e. The standard InChI is InChI=1S/C15H8BrF3N2/c16-7-12-14(8-3-1-2-4-9(8)17)20-11-6-5-10(18)13(19)15(11)21-12/h1-6H,7H2. The zero-order chi connectivity index (χ0) is 15.0. The molecule has 0 radical (unpaired) electrons. The van der Waals surface area contributed by atoms with E-state index in [2.05, 4.69) is 25.9 Å². The van der Waals surface area contributed by atoms with Gasteiger partial charge in [-0.05, 0) is 24.3 Å². The Balaban J connectivity index is 2.34. The number of hydrogen-bond donors (Lipinski definition) is 0. The molecule has 0 aliphatic heterocycles. The predicted octanol–water partition coefficient (Wildman–Crippen LogP) is 4.61. The number of rotatable bonds is 2. The molecular formula is C15H8BrF3N2. The third-order valence-corrected chi connectivity index (χ3v) is 3.59. The molecule has 0 spiro atoms. The quantitative estimate of drug-likeness (QED) is 0.629. The van der Waals surface area contributed by atoms with Crippen molar-refractivity contribution < 1.29 is 13.2 Å². The Morgan fingerprint density at radius 3 is 2.38 bits per heavy atom. The lowest BCUT2D eigenvalue weighted by atomic mass is 10.1. The lowest BCUT2D eigenvalue weighted by Gasteiger charge is -2.09. The van der Waals surface area contributed by atoms with Crippen LogP contribution in [-0.4, -0.2) is 9.97 Å². The van der Waals surface area contributed by atoms with E-state index in [-0.39, 0.29) is 21.9 Å². The normalized spacial score (nSPS) is 11.0. The second-order valence-electron chi connectivity index (χ2n) is 4.36. The third-order valence-electron chi connectivity index (χ3n) is 3.06. The average Bonchev–Trinajstić information content (AvgIpc) is 2.50. The highest BCUT2D eigenvalue weighted by Crippen LogP contribution is 2.28. The maximum Gasteiger partial charge on any atom is 0.186 e. The first-order valence-corrected chi connectivity index (χ1v) is 7.19. The molecule has 0 saturated carbocycles. The number of nitrogens with zero attached hydrogens (tertiary/aromatic N) is 2. The molecule has 3 rings (SSSR count). The highest BCUT2D eigenvalue weighted by atomic mass is 79.9. The molecule has 106 valence electrons. The van der Waals surface area contributed by atoms with Crippen LogP contribution in [0.15, 0.2) is 36.4 Å². The minimum atomic E-state index is -1.05. The van der Waals surface area contributed by atoms with Crippen molar-refractivity contribution in [2.75, 3.05) is 0 Å². The summed E-state index contributed by atoms with van der Waals surface area (Å²) >= 11 is 3.22. The summed E-state index contributed by atoms with van der Waals surface area (Å²) in [5.74, 6) is -2.49. The largest absolute Gasteiger partial charge is 0.245 e. The van der Waals surface area contributed by atoms with Crippen LogP contribution in [0.5, 0.6) is 0 Å². The number of aromatic nitrogens is 2. The van der Waals surface area contributed by atoms with Crippen molar-refractivity contribution in [3.63, 3.8) is 0 Å². The Kier molecular flexibility index (Phi) is 3.63. The van der Waals surface area contributed by atoms with E-state index in [1.807, 2.05) is 0 Å². The van der Waals surface area contributed by atoms with Gasteiger partial charge in [-0.25, -0.2) is 23.1 Å². The third kappa shape index (κ3) is 2.40. The summed E-state index contributed by atoms with van der Waals surface area (Å²) in [5.41, 5.74) is 0.938. The van der Waals surface area contributed by atoms with Crippen LogP contribution in [0, 0.1) is 17.5 Å². The van der Waals surface area contributed by atoms with Crippen molar-refractivity contribution in [2.45, 2.75) is 5.33 Å². The summed E-state index contributed by atoms with van der Waals surface area (Å²) in [6, 6.07) is 8.42. The van der Waals surface area contributed by atoms with Crippen LogP contribution in [0.25, 0.3) is 22.3 Å². The lowest BCUT2D eigenvalue weighted by molar-refractivity contribution is 0.515. The first-order valence-electron chi connectivity index (χ1n) is 6.07. The number of hydrogen-bond acceptors (Lipinski definition) is 2. The molecule has 2 nitrogen and oxygen atoms in total. The molecular weight excluding hydrogens is 345 g/mol. The van der Waals surface area contributed by atoms with Gasteiger partial charge in [0.15, 0.2) is 11.6 Å². The Morgan fingerprint density at radius 1 is 0.905 bits per heavy atom. The molecule has 21 heavy (non-hydrogen) atoms. The number of fused-ring (bicyclic) bond motifs is 1. The van der Waals surface area contributed by atoms with Gasteiger partial charge >= 0.3 is 0 Å². The zero-order valence-corrected chi connectivity index (χ0v) is 12.2. The average molecular weight is 353 g/mol. The summed E-state index contributed by atoms with van der Waals surface area (Å²) < 4.78 is 40.9. The van der Waals surface area contributed by atoms with E-state index in [9.17, 15) is 13.2 Å². The van der Waals surface area contributed by atoms with Gasteiger partial charge < -0.3 is 0 Å². The highest BCUT2D eigenvalue weighted by molar-refractivity contribution is 9.08. The van der Waals surface area contributed by atoms with Gasteiger partial charge in [0, 0.05) is 10.9 Å². The summed E-state index contributed by atoms with van der Waals surface area (Å²) in [5, 5.41) is 0.246. The van der Waals surface area contributed by atoms with Gasteiger partial charge in [0.1, 0.15) is 11.3 Å². The maximum absolute atomic E-state index is 13.9. The number of benzene rings is 2. The molecule has 0 saturated heterocycles. The molecule has 0 fully saturated rings. The van der Waals surface area contributed by atoms with Crippen LogP contribution in [0.4, 0.5) is 13.2 Å². The highest BCUT2D eigenvalue weighted by Gasteiger charge is 2.16. The minimum Gasteiger partial charge on any atom is -0.245 e. The van der Waals surface area contributed by atoms with Crippen LogP contribution in [0.3, 0.4) is 0 Å². The molecule has 2 aromatic carbocycles. The number of alkyl halides is 1. The molecule has 0 bridgehead atoms. The first-order chi connectivity index (χ1) is 10.1. The topological polar surface area (TPSA) is 25.8 Å². The van der Waals surface area contributed by atoms with E-state index >= 15 is 0 Å². The van der Waals surface area contributed by atoms with Crippen LogP contribution in [-0.2, 0) is 5.33 Å². The fourth-order valence-corrected chi connectivity index (χ4v) is 2.45. The predicted molar refractivity (Wildman–Crippen MR) is 77.5 cm³/mol. The second-order valence-corrected chi connectivity index (χ2v) is 4.92. The fraction of sp³-hybridized carbons (Fsp3) is 0.0667. The SMILES string of the molecule is Fc1ccccc1-c1nc2ccc(F)c(F)c2nc1CBr. The van der Waals surface area contributed by atoms with Gasteiger partial charge in [0.05, 0.1) is 16.9 Å². The van der Waals surface area contributed by atoms with Crippen molar-refractivity contribution >= 4 is 27.0 Å². The Labute approximate surface area is 126 Å². The van der Waals surface area contributed by atoms with Gasteiger partial charge in [-0.2, -0.15) is 0 Å². The molecule has 0 unspecified atom stereocenters. The molecule has 0 atom stereocenters. The van der Waals surface area contributed by atoms with Crippen molar-refractivity contribution in [3.05, 3.63) is 59.5 Å². The monoisotopic (exact) mass is 352 g/mol. The van der Waals surface area contributed by atoms with E-state index in [0.29, 0.717) is 11.4 Å². The van der Waals surface area contributed by atoms with Crippen LogP contribution < -0.4 is 0 Å². The Hall–Kier alpha value is -1.95. The van der Waals surface area contributed by atoms with Crippen LogP contribution in [0.2, 0.25) is 0 Å². The van der Waals surface area contributed by atoms with E-state index in [0.717, 1.165) is 6.07 Å². The molecule has 0 aliphatic carbocycles. The van der Waals surface area contributed by atoms with E-state index in [1.54, 1.807) is 18.2 Å². The van der Waals surface area contributed by atoms with Gasteiger partial charge in [0.2, 0.25) is 0 Å². The second kappa shape index (κ2) is 5.44. The van der Waals surface area contributed by atoms with Crippen LogP contribution in [0.1, 0.15) is 5.69 Å². The molecule has 3 aromatic rings. The number of halogens is 4. The molecule has 1 heterocycles. The summed E-state index contributed by atoms with van der Waals surface area (Å²) in [6.07, 6.45) is 0. The Bertz CT molecular complexity index is 837. The lowest BCUT2D eigenvalue weighted by Crippen LogP contribution is -2.01. The summed E-state index contributed by atoms with van der Waals surface area (Å²) in [4.78, 5) is 8.32. The molecule has 6 heteroatoms. The van der Waals surface area contributed by atoms with Gasteiger partial charge in [0.25, 0.3) is 0 Å². The van der Waals surface area contributed by atoms with Crippen molar-refractivity contribution in [3.8, 4) is 11.3 Å². The molecule has 0 aliphatic rings. The molecule has 1 aromatic heterocycles.